The number of nitrogens with zero attached hydrogens (tertiary/aromatic N) is 3. The second-order valence-corrected chi connectivity index (χ2v) is 6.62. The quantitative estimate of drug-likeness (QED) is 0.867. The Labute approximate surface area is 154 Å². The minimum absolute atomic E-state index is 0.0448. The molecule has 2 aromatic rings. The van der Waals surface area contributed by atoms with Crippen LogP contribution in [0.4, 0.5) is 0 Å². The average Bonchev–Trinajstić information content (AvgIpc) is 3.17. The van der Waals surface area contributed by atoms with E-state index in [-0.39, 0.29) is 17.9 Å². The molecule has 1 aliphatic heterocycles. The summed E-state index contributed by atoms with van der Waals surface area (Å²) in [5, 5.41) is 2.97. The first-order chi connectivity index (χ1) is 12.7. The van der Waals surface area contributed by atoms with Crippen LogP contribution < -0.4 is 5.32 Å². The van der Waals surface area contributed by atoms with E-state index in [9.17, 15) is 9.59 Å². The molecule has 0 saturated carbocycles. The van der Waals surface area contributed by atoms with Gasteiger partial charge in [0, 0.05) is 31.2 Å². The van der Waals surface area contributed by atoms with Gasteiger partial charge in [-0.25, -0.2) is 4.98 Å². The van der Waals surface area contributed by atoms with Crippen molar-refractivity contribution in [3.63, 3.8) is 0 Å². The Morgan fingerprint density at radius 3 is 2.81 bits per heavy atom. The fraction of sp³-hybridized carbons (Fsp3) is 0.450. The maximum absolute atomic E-state index is 12.9. The standard InChI is InChI=1S/C20H26N4O2/c1-2-23-15-21-14-18(23)20(26)24-13-7-6-10-17(24)11-12-22-19(25)16-8-4-3-5-9-16/h3-5,8-9,14-15,17H,2,6-7,10-13H2,1H3,(H,22,25)/t17-/m1/s1. The summed E-state index contributed by atoms with van der Waals surface area (Å²) in [7, 11) is 0. The minimum atomic E-state index is -0.0663. The molecule has 0 unspecified atom stereocenters. The van der Waals surface area contributed by atoms with Gasteiger partial charge in [0.2, 0.25) is 0 Å². The van der Waals surface area contributed by atoms with Crippen molar-refractivity contribution in [1.82, 2.24) is 19.8 Å². The number of imidazole rings is 1. The summed E-state index contributed by atoms with van der Waals surface area (Å²) in [6.07, 6.45) is 7.24. The zero-order valence-corrected chi connectivity index (χ0v) is 15.2. The SMILES string of the molecule is CCn1cncc1C(=O)N1CCCC[C@@H]1CCNC(=O)c1ccccc1. The number of aromatic nitrogens is 2. The Kier molecular flexibility index (Phi) is 6.04. The van der Waals surface area contributed by atoms with Crippen molar-refractivity contribution < 1.29 is 9.59 Å². The van der Waals surface area contributed by atoms with E-state index >= 15 is 0 Å². The Balaban J connectivity index is 1.59. The number of carbonyl (C=O) groups excluding carboxylic acids is 2. The van der Waals surface area contributed by atoms with Crippen molar-refractivity contribution >= 4 is 11.8 Å². The third-order valence-electron chi connectivity index (χ3n) is 4.96. The summed E-state index contributed by atoms with van der Waals surface area (Å²) in [4.78, 5) is 31.2. The van der Waals surface area contributed by atoms with Crippen molar-refractivity contribution in [2.75, 3.05) is 13.1 Å². The van der Waals surface area contributed by atoms with Gasteiger partial charge in [-0.1, -0.05) is 18.2 Å². The van der Waals surface area contributed by atoms with Gasteiger partial charge >= 0.3 is 0 Å². The molecule has 138 valence electrons. The lowest BCUT2D eigenvalue weighted by Crippen LogP contribution is -2.45. The molecule has 1 aromatic carbocycles. The van der Waals surface area contributed by atoms with Crippen LogP contribution in [0.25, 0.3) is 0 Å². The van der Waals surface area contributed by atoms with E-state index in [0.717, 1.165) is 38.8 Å². The molecule has 6 nitrogen and oxygen atoms in total. The summed E-state index contributed by atoms with van der Waals surface area (Å²) in [5.41, 5.74) is 1.31. The summed E-state index contributed by atoms with van der Waals surface area (Å²) in [5.74, 6) is -0.0215. The van der Waals surface area contributed by atoms with Crippen LogP contribution in [0.15, 0.2) is 42.9 Å². The number of aryl methyl sites for hydroxylation is 1. The van der Waals surface area contributed by atoms with Crippen molar-refractivity contribution in [3.05, 3.63) is 54.1 Å². The maximum Gasteiger partial charge on any atom is 0.272 e. The smallest absolute Gasteiger partial charge is 0.272 e. The zero-order valence-electron chi connectivity index (χ0n) is 15.2. The number of benzene rings is 1. The first-order valence-electron chi connectivity index (χ1n) is 9.35. The normalized spacial score (nSPS) is 17.1. The molecule has 26 heavy (non-hydrogen) atoms. The summed E-state index contributed by atoms with van der Waals surface area (Å²) in [6, 6.07) is 9.37. The van der Waals surface area contributed by atoms with E-state index in [1.54, 1.807) is 24.7 Å². The molecule has 6 heteroatoms. The highest BCUT2D eigenvalue weighted by Gasteiger charge is 2.28. The first-order valence-corrected chi connectivity index (χ1v) is 9.35. The first kappa shape index (κ1) is 18.2. The van der Waals surface area contributed by atoms with E-state index in [1.165, 1.54) is 0 Å². The number of amides is 2. The molecule has 3 rings (SSSR count). The number of nitrogens with one attached hydrogen (secondary N) is 1. The topological polar surface area (TPSA) is 67.2 Å². The number of hydrogen-bond donors (Lipinski definition) is 1. The third kappa shape index (κ3) is 4.12. The molecule has 1 saturated heterocycles. The minimum Gasteiger partial charge on any atom is -0.352 e. The monoisotopic (exact) mass is 354 g/mol. The number of rotatable bonds is 6. The fourth-order valence-corrected chi connectivity index (χ4v) is 3.51. The van der Waals surface area contributed by atoms with Crippen molar-refractivity contribution in [3.8, 4) is 0 Å². The van der Waals surface area contributed by atoms with Crippen LogP contribution in [-0.2, 0) is 6.54 Å². The number of likely N-dealkylation sites (tertiary alicyclic amines) is 1. The summed E-state index contributed by atoms with van der Waals surface area (Å²) < 4.78 is 1.88. The highest BCUT2D eigenvalue weighted by atomic mass is 16.2. The summed E-state index contributed by atoms with van der Waals surface area (Å²) in [6.45, 7) is 4.07. The van der Waals surface area contributed by atoms with Gasteiger partial charge < -0.3 is 14.8 Å². The van der Waals surface area contributed by atoms with E-state index in [1.807, 2.05) is 34.6 Å². The van der Waals surface area contributed by atoms with Gasteiger partial charge in [-0.05, 0) is 44.7 Å². The number of hydrogen-bond acceptors (Lipinski definition) is 3. The van der Waals surface area contributed by atoms with E-state index in [4.69, 9.17) is 0 Å². The zero-order chi connectivity index (χ0) is 18.4. The van der Waals surface area contributed by atoms with E-state index in [0.29, 0.717) is 17.8 Å². The van der Waals surface area contributed by atoms with Crippen molar-refractivity contribution in [2.45, 2.75) is 45.2 Å². The predicted octanol–water partition coefficient (Wildman–Crippen LogP) is 2.72. The lowest BCUT2D eigenvalue weighted by molar-refractivity contribution is 0.0590. The molecule has 1 aliphatic rings. The van der Waals surface area contributed by atoms with Crippen LogP contribution in [-0.4, -0.2) is 45.4 Å². The molecule has 0 aliphatic carbocycles. The molecular weight excluding hydrogens is 328 g/mol. The molecule has 2 heterocycles. The lowest BCUT2D eigenvalue weighted by Gasteiger charge is -2.36. The van der Waals surface area contributed by atoms with Gasteiger partial charge in [-0.2, -0.15) is 0 Å². The van der Waals surface area contributed by atoms with Crippen molar-refractivity contribution in [1.29, 1.82) is 0 Å². The van der Waals surface area contributed by atoms with Gasteiger partial charge in [0.1, 0.15) is 5.69 Å². The van der Waals surface area contributed by atoms with Crippen molar-refractivity contribution in [2.24, 2.45) is 0 Å². The van der Waals surface area contributed by atoms with Crippen LogP contribution >= 0.6 is 0 Å². The fourth-order valence-electron chi connectivity index (χ4n) is 3.51. The Bertz CT molecular complexity index is 741. The molecule has 0 spiro atoms. The predicted molar refractivity (Wildman–Crippen MR) is 100.0 cm³/mol. The highest BCUT2D eigenvalue weighted by molar-refractivity contribution is 5.94. The van der Waals surface area contributed by atoms with Crippen LogP contribution in [0.5, 0.6) is 0 Å². The van der Waals surface area contributed by atoms with E-state index in [2.05, 4.69) is 10.3 Å². The number of carbonyl (C=O) groups is 2. The Morgan fingerprint density at radius 2 is 2.04 bits per heavy atom. The molecule has 2 amide bonds. The van der Waals surface area contributed by atoms with Gasteiger partial charge in [-0.15, -0.1) is 0 Å². The van der Waals surface area contributed by atoms with Crippen LogP contribution in [0.3, 0.4) is 0 Å². The second-order valence-electron chi connectivity index (χ2n) is 6.62. The largest absolute Gasteiger partial charge is 0.352 e. The average molecular weight is 354 g/mol. The highest BCUT2D eigenvalue weighted by Crippen LogP contribution is 2.22. The molecular formula is C20H26N4O2. The lowest BCUT2D eigenvalue weighted by atomic mass is 9.98. The molecule has 0 radical (unpaired) electrons. The third-order valence-corrected chi connectivity index (χ3v) is 4.96. The Morgan fingerprint density at radius 1 is 1.23 bits per heavy atom. The van der Waals surface area contributed by atoms with Crippen LogP contribution in [0.2, 0.25) is 0 Å². The molecule has 0 bridgehead atoms. The van der Waals surface area contributed by atoms with Gasteiger partial charge in [0.15, 0.2) is 0 Å². The molecule has 1 atom stereocenters. The second kappa shape index (κ2) is 8.65. The maximum atomic E-state index is 12.9. The summed E-state index contributed by atoms with van der Waals surface area (Å²) >= 11 is 0. The molecule has 1 fully saturated rings. The van der Waals surface area contributed by atoms with E-state index < -0.39 is 0 Å². The molecule has 1 aromatic heterocycles. The number of piperidine rings is 1. The molecule has 1 N–H and O–H groups in total. The Hall–Kier alpha value is -2.63. The van der Waals surface area contributed by atoms with Crippen LogP contribution in [0, 0.1) is 0 Å². The van der Waals surface area contributed by atoms with Gasteiger partial charge in [0.25, 0.3) is 11.8 Å². The van der Waals surface area contributed by atoms with Gasteiger partial charge in [-0.3, -0.25) is 9.59 Å². The van der Waals surface area contributed by atoms with Crippen LogP contribution in [0.1, 0.15) is 53.5 Å². The van der Waals surface area contributed by atoms with Gasteiger partial charge in [0.05, 0.1) is 12.5 Å².